The maximum Gasteiger partial charge on any atom is 0.247 e. The zero-order valence-corrected chi connectivity index (χ0v) is 11.3. The molecule has 0 aliphatic carbocycles. The van der Waals surface area contributed by atoms with Gasteiger partial charge in [0.1, 0.15) is 5.75 Å². The van der Waals surface area contributed by atoms with E-state index in [9.17, 15) is 0 Å². The molecule has 0 N–H and O–H groups in total. The fourth-order valence-corrected chi connectivity index (χ4v) is 2.21. The SMILES string of the molecule is Cc1ccc(Oc2nn3nnnc3c3ccccc23)cc1. The number of ether oxygens (including phenoxy) is 1. The molecule has 102 valence electrons. The van der Waals surface area contributed by atoms with Gasteiger partial charge in [-0.25, -0.2) is 0 Å². The minimum absolute atomic E-state index is 0.481. The highest BCUT2D eigenvalue weighted by Crippen LogP contribution is 2.29. The summed E-state index contributed by atoms with van der Waals surface area (Å²) in [6.07, 6.45) is 0. The van der Waals surface area contributed by atoms with Crippen LogP contribution in [0.15, 0.2) is 48.5 Å². The summed E-state index contributed by atoms with van der Waals surface area (Å²) >= 11 is 0. The van der Waals surface area contributed by atoms with E-state index in [4.69, 9.17) is 4.74 Å². The monoisotopic (exact) mass is 277 g/mol. The third-order valence-electron chi connectivity index (χ3n) is 3.27. The number of nitrogens with zero attached hydrogens (tertiary/aromatic N) is 5. The normalized spacial score (nSPS) is 11.1. The Morgan fingerprint density at radius 1 is 0.952 bits per heavy atom. The minimum Gasteiger partial charge on any atom is -0.437 e. The smallest absolute Gasteiger partial charge is 0.247 e. The molecule has 0 saturated heterocycles. The molecule has 0 aliphatic heterocycles. The van der Waals surface area contributed by atoms with Crippen molar-refractivity contribution in [2.24, 2.45) is 0 Å². The molecule has 0 amide bonds. The summed E-state index contributed by atoms with van der Waals surface area (Å²) in [6.45, 7) is 2.03. The highest BCUT2D eigenvalue weighted by molar-refractivity contribution is 5.96. The molecule has 0 fully saturated rings. The van der Waals surface area contributed by atoms with Crippen LogP contribution in [0.5, 0.6) is 11.6 Å². The second-order valence-electron chi connectivity index (χ2n) is 4.76. The van der Waals surface area contributed by atoms with Crippen molar-refractivity contribution in [3.05, 3.63) is 54.1 Å². The molecule has 0 atom stereocenters. The maximum absolute atomic E-state index is 5.90. The Balaban J connectivity index is 1.91. The van der Waals surface area contributed by atoms with Crippen LogP contribution in [0.4, 0.5) is 0 Å². The van der Waals surface area contributed by atoms with Crippen LogP contribution in [0.3, 0.4) is 0 Å². The van der Waals surface area contributed by atoms with Crippen molar-refractivity contribution < 1.29 is 4.74 Å². The molecule has 0 spiro atoms. The lowest BCUT2D eigenvalue weighted by Crippen LogP contribution is -1.99. The summed E-state index contributed by atoms with van der Waals surface area (Å²) in [5.74, 6) is 1.21. The van der Waals surface area contributed by atoms with Gasteiger partial charge in [-0.15, -0.1) is 14.8 Å². The van der Waals surface area contributed by atoms with Gasteiger partial charge < -0.3 is 4.74 Å². The van der Waals surface area contributed by atoms with Gasteiger partial charge in [-0.3, -0.25) is 0 Å². The first-order valence-electron chi connectivity index (χ1n) is 6.53. The average Bonchev–Trinajstić information content (AvgIpc) is 2.98. The largest absolute Gasteiger partial charge is 0.437 e. The fraction of sp³-hybridized carbons (Fsp3) is 0.0667. The van der Waals surface area contributed by atoms with E-state index in [1.165, 1.54) is 10.2 Å². The summed E-state index contributed by atoms with van der Waals surface area (Å²) in [6, 6.07) is 15.6. The molecule has 6 heteroatoms. The van der Waals surface area contributed by atoms with Crippen LogP contribution in [-0.4, -0.2) is 25.3 Å². The number of aryl methyl sites for hydroxylation is 1. The van der Waals surface area contributed by atoms with Gasteiger partial charge in [-0.05, 0) is 35.5 Å². The second kappa shape index (κ2) is 4.52. The highest BCUT2D eigenvalue weighted by atomic mass is 16.5. The van der Waals surface area contributed by atoms with E-state index in [0.717, 1.165) is 16.5 Å². The topological polar surface area (TPSA) is 65.2 Å². The maximum atomic E-state index is 5.90. The van der Waals surface area contributed by atoms with E-state index in [2.05, 4.69) is 20.6 Å². The summed E-state index contributed by atoms with van der Waals surface area (Å²) in [5.41, 5.74) is 1.79. The van der Waals surface area contributed by atoms with Gasteiger partial charge in [-0.2, -0.15) is 0 Å². The second-order valence-corrected chi connectivity index (χ2v) is 4.76. The van der Waals surface area contributed by atoms with Crippen LogP contribution in [0.2, 0.25) is 0 Å². The Bertz CT molecular complexity index is 930. The summed E-state index contributed by atoms with van der Waals surface area (Å²) in [5, 5.41) is 17.6. The van der Waals surface area contributed by atoms with Gasteiger partial charge in [0.15, 0.2) is 0 Å². The zero-order valence-electron chi connectivity index (χ0n) is 11.3. The molecule has 2 aromatic carbocycles. The molecule has 0 bridgehead atoms. The lowest BCUT2D eigenvalue weighted by molar-refractivity contribution is 0.453. The van der Waals surface area contributed by atoms with Crippen molar-refractivity contribution in [2.75, 3.05) is 0 Å². The van der Waals surface area contributed by atoms with Gasteiger partial charge in [0.25, 0.3) is 0 Å². The molecule has 0 radical (unpaired) electrons. The lowest BCUT2D eigenvalue weighted by Gasteiger charge is -2.08. The number of rotatable bonds is 2. The molecule has 4 rings (SSSR count). The van der Waals surface area contributed by atoms with Crippen LogP contribution in [0.1, 0.15) is 5.56 Å². The minimum atomic E-state index is 0.481. The van der Waals surface area contributed by atoms with E-state index >= 15 is 0 Å². The molecule has 6 nitrogen and oxygen atoms in total. The Kier molecular flexibility index (Phi) is 2.53. The predicted octanol–water partition coefficient (Wildman–Crippen LogP) is 2.77. The van der Waals surface area contributed by atoms with Gasteiger partial charge in [0, 0.05) is 10.8 Å². The van der Waals surface area contributed by atoms with Crippen molar-refractivity contribution in [1.82, 2.24) is 25.3 Å². The molecular formula is C15H11N5O. The Morgan fingerprint density at radius 2 is 1.71 bits per heavy atom. The highest BCUT2D eigenvalue weighted by Gasteiger charge is 2.12. The fourth-order valence-electron chi connectivity index (χ4n) is 2.21. The molecule has 2 heterocycles. The molecule has 0 unspecified atom stereocenters. The summed E-state index contributed by atoms with van der Waals surface area (Å²) in [7, 11) is 0. The Morgan fingerprint density at radius 3 is 2.52 bits per heavy atom. The molecule has 0 saturated carbocycles. The first-order valence-corrected chi connectivity index (χ1v) is 6.53. The molecule has 2 aromatic heterocycles. The number of tetrazole rings is 1. The van der Waals surface area contributed by atoms with Crippen LogP contribution in [-0.2, 0) is 0 Å². The van der Waals surface area contributed by atoms with Gasteiger partial charge in [0.2, 0.25) is 11.5 Å². The molecule has 21 heavy (non-hydrogen) atoms. The van der Waals surface area contributed by atoms with Gasteiger partial charge >= 0.3 is 0 Å². The Hall–Kier alpha value is -3.02. The third kappa shape index (κ3) is 1.97. The zero-order chi connectivity index (χ0) is 14.2. The first-order chi connectivity index (χ1) is 10.3. The van der Waals surface area contributed by atoms with Crippen LogP contribution in [0, 0.1) is 6.92 Å². The van der Waals surface area contributed by atoms with E-state index in [1.54, 1.807) is 0 Å². The molecular weight excluding hydrogens is 266 g/mol. The first kappa shape index (κ1) is 11.8. The van der Waals surface area contributed by atoms with Crippen LogP contribution >= 0.6 is 0 Å². The van der Waals surface area contributed by atoms with Crippen LogP contribution in [0.25, 0.3) is 16.4 Å². The summed E-state index contributed by atoms with van der Waals surface area (Å²) in [4.78, 5) is 0. The lowest BCUT2D eigenvalue weighted by atomic mass is 10.2. The number of aromatic nitrogens is 5. The van der Waals surface area contributed by atoms with Crippen molar-refractivity contribution in [3.63, 3.8) is 0 Å². The number of fused-ring (bicyclic) bond motifs is 3. The van der Waals surface area contributed by atoms with Gasteiger partial charge in [0.05, 0.1) is 0 Å². The number of hydrogen-bond donors (Lipinski definition) is 0. The van der Waals surface area contributed by atoms with E-state index < -0.39 is 0 Å². The van der Waals surface area contributed by atoms with Crippen molar-refractivity contribution in [2.45, 2.75) is 6.92 Å². The quantitative estimate of drug-likeness (QED) is 0.563. The molecule has 4 aromatic rings. The van der Waals surface area contributed by atoms with Crippen molar-refractivity contribution >= 4 is 16.4 Å². The summed E-state index contributed by atoms with van der Waals surface area (Å²) < 4.78 is 7.28. The molecule has 0 aliphatic rings. The Labute approximate surface area is 120 Å². The predicted molar refractivity (Wildman–Crippen MR) is 77.3 cm³/mol. The standard InChI is InChI=1S/C15H11N5O/c1-10-6-8-11(9-7-10)21-15-13-5-3-2-4-12(13)14-16-18-19-20(14)17-15/h2-9H,1H3. The van der Waals surface area contributed by atoms with E-state index in [0.29, 0.717) is 11.5 Å². The van der Waals surface area contributed by atoms with Gasteiger partial charge in [-0.1, -0.05) is 35.9 Å². The van der Waals surface area contributed by atoms with Crippen LogP contribution < -0.4 is 4.74 Å². The van der Waals surface area contributed by atoms with Crippen molar-refractivity contribution in [1.29, 1.82) is 0 Å². The number of hydrogen-bond acceptors (Lipinski definition) is 5. The average molecular weight is 277 g/mol. The van der Waals surface area contributed by atoms with E-state index in [-0.39, 0.29) is 0 Å². The van der Waals surface area contributed by atoms with Crippen molar-refractivity contribution in [3.8, 4) is 11.6 Å². The van der Waals surface area contributed by atoms with E-state index in [1.807, 2.05) is 55.5 Å². The third-order valence-corrected chi connectivity index (χ3v) is 3.27. The number of benzene rings is 2.